The standard InChI is InChI=1S/C10H14INOS/c1-12-10(7-2-3-13-5-7)8-4-9(11)14-6-8/h4,6-7,10,12H,2-3,5H2,1H3. The summed E-state index contributed by atoms with van der Waals surface area (Å²) in [6.45, 7) is 1.82. The van der Waals surface area contributed by atoms with Gasteiger partial charge in [-0.1, -0.05) is 0 Å². The normalized spacial score (nSPS) is 24.0. The fourth-order valence-corrected chi connectivity index (χ4v) is 3.39. The second-order valence-corrected chi connectivity index (χ2v) is 6.38. The Bertz CT molecular complexity index is 296. The van der Waals surface area contributed by atoms with E-state index in [0.29, 0.717) is 12.0 Å². The number of ether oxygens (including phenoxy) is 1. The monoisotopic (exact) mass is 323 g/mol. The first kappa shape index (κ1) is 10.9. The van der Waals surface area contributed by atoms with Crippen LogP contribution in [0.1, 0.15) is 18.0 Å². The molecule has 2 nitrogen and oxygen atoms in total. The van der Waals surface area contributed by atoms with Gasteiger partial charge >= 0.3 is 0 Å². The molecule has 1 saturated heterocycles. The molecule has 4 heteroatoms. The van der Waals surface area contributed by atoms with Gasteiger partial charge in [0.2, 0.25) is 0 Å². The molecule has 0 spiro atoms. The fourth-order valence-electron chi connectivity index (χ4n) is 1.98. The van der Waals surface area contributed by atoms with Gasteiger partial charge in [0.1, 0.15) is 0 Å². The predicted molar refractivity (Wildman–Crippen MR) is 67.8 cm³/mol. The van der Waals surface area contributed by atoms with Gasteiger partial charge in [0.05, 0.1) is 9.49 Å². The van der Waals surface area contributed by atoms with Crippen LogP contribution >= 0.6 is 33.9 Å². The summed E-state index contributed by atoms with van der Waals surface area (Å²) >= 11 is 4.19. The summed E-state index contributed by atoms with van der Waals surface area (Å²) in [5.41, 5.74) is 1.41. The Kier molecular flexibility index (Phi) is 3.81. The summed E-state index contributed by atoms with van der Waals surface area (Å²) in [6, 6.07) is 2.74. The van der Waals surface area contributed by atoms with Crippen LogP contribution in [0.4, 0.5) is 0 Å². The van der Waals surface area contributed by atoms with E-state index < -0.39 is 0 Å². The van der Waals surface area contributed by atoms with Crippen LogP contribution in [0.15, 0.2) is 11.4 Å². The Morgan fingerprint density at radius 3 is 3.07 bits per heavy atom. The first-order valence-corrected chi connectivity index (χ1v) is 6.76. The SMILES string of the molecule is CNC(c1csc(I)c1)C1CCOC1. The molecule has 2 unspecified atom stereocenters. The van der Waals surface area contributed by atoms with Gasteiger partial charge in [-0.3, -0.25) is 0 Å². The number of halogens is 1. The molecule has 1 fully saturated rings. The van der Waals surface area contributed by atoms with E-state index in [1.165, 1.54) is 14.9 Å². The minimum Gasteiger partial charge on any atom is -0.381 e. The van der Waals surface area contributed by atoms with Gasteiger partial charge in [0, 0.05) is 18.6 Å². The van der Waals surface area contributed by atoms with E-state index in [2.05, 4.69) is 39.4 Å². The van der Waals surface area contributed by atoms with Crippen molar-refractivity contribution in [2.24, 2.45) is 5.92 Å². The molecule has 0 aliphatic carbocycles. The Hall–Kier alpha value is 0.350. The summed E-state index contributed by atoms with van der Waals surface area (Å²) in [7, 11) is 2.04. The molecule has 0 saturated carbocycles. The Labute approximate surface area is 102 Å². The zero-order chi connectivity index (χ0) is 9.97. The fraction of sp³-hybridized carbons (Fsp3) is 0.600. The van der Waals surface area contributed by atoms with Crippen molar-refractivity contribution in [2.75, 3.05) is 20.3 Å². The first-order valence-electron chi connectivity index (χ1n) is 4.80. The summed E-state index contributed by atoms with van der Waals surface area (Å²) in [6.07, 6.45) is 1.18. The van der Waals surface area contributed by atoms with Gasteiger partial charge in [-0.15, -0.1) is 11.3 Å². The minimum absolute atomic E-state index is 0.470. The van der Waals surface area contributed by atoms with Gasteiger partial charge in [0.25, 0.3) is 0 Å². The zero-order valence-electron chi connectivity index (χ0n) is 8.13. The second-order valence-electron chi connectivity index (χ2n) is 3.57. The average molecular weight is 323 g/mol. The van der Waals surface area contributed by atoms with E-state index in [9.17, 15) is 0 Å². The smallest absolute Gasteiger partial charge is 0.0656 e. The summed E-state index contributed by atoms with van der Waals surface area (Å²) < 4.78 is 6.79. The largest absolute Gasteiger partial charge is 0.381 e. The highest BCUT2D eigenvalue weighted by Gasteiger charge is 2.26. The molecule has 1 aromatic heterocycles. The van der Waals surface area contributed by atoms with Crippen molar-refractivity contribution >= 4 is 33.9 Å². The molecule has 1 aromatic rings. The number of rotatable bonds is 3. The third-order valence-electron chi connectivity index (χ3n) is 2.69. The van der Waals surface area contributed by atoms with Gasteiger partial charge in [0.15, 0.2) is 0 Å². The number of thiophene rings is 1. The number of hydrogen-bond acceptors (Lipinski definition) is 3. The van der Waals surface area contributed by atoms with Crippen LogP contribution in [0.25, 0.3) is 0 Å². The van der Waals surface area contributed by atoms with Crippen molar-refractivity contribution < 1.29 is 4.74 Å². The highest BCUT2D eigenvalue weighted by Crippen LogP contribution is 2.31. The molecule has 78 valence electrons. The number of hydrogen-bond donors (Lipinski definition) is 1. The quantitative estimate of drug-likeness (QED) is 0.864. The van der Waals surface area contributed by atoms with Gasteiger partial charge < -0.3 is 10.1 Å². The highest BCUT2D eigenvalue weighted by atomic mass is 127. The Balaban J connectivity index is 2.12. The lowest BCUT2D eigenvalue weighted by molar-refractivity contribution is 0.178. The lowest BCUT2D eigenvalue weighted by Gasteiger charge is -2.20. The van der Waals surface area contributed by atoms with Crippen LogP contribution in [-0.2, 0) is 4.74 Å². The van der Waals surface area contributed by atoms with Crippen LogP contribution in [0, 0.1) is 8.80 Å². The van der Waals surface area contributed by atoms with E-state index in [1.54, 1.807) is 0 Å². The molecule has 1 aliphatic rings. The molecule has 2 rings (SSSR count). The topological polar surface area (TPSA) is 21.3 Å². The van der Waals surface area contributed by atoms with E-state index in [1.807, 2.05) is 18.4 Å². The average Bonchev–Trinajstić information content (AvgIpc) is 2.79. The molecule has 0 aromatic carbocycles. The van der Waals surface area contributed by atoms with Gasteiger partial charge in [-0.05, 0) is 53.1 Å². The third-order valence-corrected chi connectivity index (χ3v) is 4.50. The summed E-state index contributed by atoms with van der Waals surface area (Å²) in [5, 5.41) is 5.65. The summed E-state index contributed by atoms with van der Waals surface area (Å²) in [5.74, 6) is 0.644. The molecular weight excluding hydrogens is 309 g/mol. The van der Waals surface area contributed by atoms with Crippen molar-refractivity contribution in [1.29, 1.82) is 0 Å². The molecule has 0 bridgehead atoms. The van der Waals surface area contributed by atoms with Gasteiger partial charge in [-0.2, -0.15) is 0 Å². The Morgan fingerprint density at radius 1 is 1.71 bits per heavy atom. The molecule has 0 amide bonds. The maximum atomic E-state index is 5.43. The van der Waals surface area contributed by atoms with Crippen molar-refractivity contribution in [3.05, 3.63) is 19.9 Å². The van der Waals surface area contributed by atoms with Gasteiger partial charge in [-0.25, -0.2) is 0 Å². The molecule has 2 heterocycles. The highest BCUT2D eigenvalue weighted by molar-refractivity contribution is 14.1. The molecule has 1 N–H and O–H groups in total. The summed E-state index contributed by atoms with van der Waals surface area (Å²) in [4.78, 5) is 0. The molecule has 1 aliphatic heterocycles. The Morgan fingerprint density at radius 2 is 2.57 bits per heavy atom. The van der Waals surface area contributed by atoms with E-state index in [4.69, 9.17) is 4.74 Å². The molecule has 0 radical (unpaired) electrons. The van der Waals surface area contributed by atoms with E-state index in [-0.39, 0.29) is 0 Å². The minimum atomic E-state index is 0.470. The van der Waals surface area contributed by atoms with Crippen LogP contribution in [-0.4, -0.2) is 20.3 Å². The van der Waals surface area contributed by atoms with Crippen molar-refractivity contribution in [2.45, 2.75) is 12.5 Å². The third kappa shape index (κ3) is 2.29. The zero-order valence-corrected chi connectivity index (χ0v) is 11.1. The number of nitrogens with one attached hydrogen (secondary N) is 1. The lowest BCUT2D eigenvalue weighted by Crippen LogP contribution is -2.25. The van der Waals surface area contributed by atoms with Crippen molar-refractivity contribution in [3.63, 3.8) is 0 Å². The van der Waals surface area contributed by atoms with Crippen LogP contribution in [0.2, 0.25) is 0 Å². The lowest BCUT2D eigenvalue weighted by atomic mass is 9.94. The second kappa shape index (κ2) is 4.92. The van der Waals surface area contributed by atoms with E-state index in [0.717, 1.165) is 13.2 Å². The molecule has 14 heavy (non-hydrogen) atoms. The van der Waals surface area contributed by atoms with E-state index >= 15 is 0 Å². The van der Waals surface area contributed by atoms with Crippen LogP contribution in [0.5, 0.6) is 0 Å². The van der Waals surface area contributed by atoms with Crippen molar-refractivity contribution in [1.82, 2.24) is 5.32 Å². The molecular formula is C10H14INOS. The maximum Gasteiger partial charge on any atom is 0.0656 e. The van der Waals surface area contributed by atoms with Crippen molar-refractivity contribution in [3.8, 4) is 0 Å². The predicted octanol–water partition coefficient (Wildman–Crippen LogP) is 2.65. The maximum absolute atomic E-state index is 5.43. The first-order chi connectivity index (χ1) is 6.81. The molecule has 2 atom stereocenters. The van der Waals surface area contributed by atoms with Crippen LogP contribution in [0.3, 0.4) is 0 Å². The van der Waals surface area contributed by atoms with Crippen LogP contribution < -0.4 is 5.32 Å².